The Bertz CT molecular complexity index is 1310. The fourth-order valence-corrected chi connectivity index (χ4v) is 5.29. The highest BCUT2D eigenvalue weighted by Gasteiger charge is 2.22. The molecule has 4 aromatic rings. The zero-order chi connectivity index (χ0) is 24.2. The molecule has 1 fully saturated rings. The van der Waals surface area contributed by atoms with Crippen molar-refractivity contribution in [2.24, 2.45) is 0 Å². The first-order valence-corrected chi connectivity index (χ1v) is 12.4. The molecule has 1 aliphatic heterocycles. The van der Waals surface area contributed by atoms with Crippen LogP contribution in [0.5, 0.6) is 0 Å². The number of nitrogens with one attached hydrogen (secondary N) is 1. The number of carboxylic acids is 1. The molecule has 0 spiro atoms. The molecule has 0 radical (unpaired) electrons. The number of aromatic nitrogens is 1. The zero-order valence-electron chi connectivity index (χ0n) is 19.1. The first-order valence-electron chi connectivity index (χ1n) is 11.6. The number of nitrogens with zero attached hydrogens (tertiary/aromatic N) is 2. The smallest absolute Gasteiger partial charge is 0.337 e. The van der Waals surface area contributed by atoms with Crippen LogP contribution in [0.3, 0.4) is 0 Å². The lowest BCUT2D eigenvalue weighted by Gasteiger charge is -2.33. The predicted molar refractivity (Wildman–Crippen MR) is 140 cm³/mol. The highest BCUT2D eigenvalue weighted by atomic mass is 32.1. The van der Waals surface area contributed by atoms with Gasteiger partial charge in [-0.25, -0.2) is 9.78 Å². The van der Waals surface area contributed by atoms with Gasteiger partial charge in [0.05, 0.1) is 11.1 Å². The molecule has 7 heteroatoms. The van der Waals surface area contributed by atoms with Crippen LogP contribution < -0.4 is 10.2 Å². The molecule has 5 rings (SSSR count). The molecule has 176 valence electrons. The average Bonchev–Trinajstić information content (AvgIpc) is 3.41. The van der Waals surface area contributed by atoms with Crippen LogP contribution in [0.4, 0.5) is 11.5 Å². The number of pyridine rings is 1. The van der Waals surface area contributed by atoms with Crippen molar-refractivity contribution in [2.45, 2.75) is 18.8 Å². The summed E-state index contributed by atoms with van der Waals surface area (Å²) >= 11 is 1.57. The Labute approximate surface area is 207 Å². The van der Waals surface area contributed by atoms with E-state index >= 15 is 0 Å². The van der Waals surface area contributed by atoms with Crippen LogP contribution in [0.2, 0.25) is 0 Å². The first-order chi connectivity index (χ1) is 17.1. The number of carbonyl (C=O) groups excluding carboxylic acids is 1. The van der Waals surface area contributed by atoms with Gasteiger partial charge in [-0.15, -0.1) is 11.3 Å². The summed E-state index contributed by atoms with van der Waals surface area (Å²) in [4.78, 5) is 31.3. The summed E-state index contributed by atoms with van der Waals surface area (Å²) in [6.07, 6.45) is 3.39. The summed E-state index contributed by atoms with van der Waals surface area (Å²) in [5.41, 5.74) is 4.02. The van der Waals surface area contributed by atoms with Crippen LogP contribution in [0.1, 0.15) is 45.0 Å². The number of piperidine rings is 1. The predicted octanol–water partition coefficient (Wildman–Crippen LogP) is 6.14. The fraction of sp³-hybridized carbons (Fsp3) is 0.179. The number of hydrogen-bond acceptors (Lipinski definition) is 5. The third kappa shape index (κ3) is 5.25. The van der Waals surface area contributed by atoms with E-state index in [2.05, 4.69) is 27.3 Å². The maximum Gasteiger partial charge on any atom is 0.337 e. The SMILES string of the molecule is O=C(O)c1ccc(N2CCC(c3ccc(NC(=O)c4csc(-c5ccccc5)c4)cc3)CC2)nc1. The van der Waals surface area contributed by atoms with Gasteiger partial charge in [0.2, 0.25) is 0 Å². The van der Waals surface area contributed by atoms with Crippen molar-refractivity contribution in [1.82, 2.24) is 4.98 Å². The summed E-state index contributed by atoms with van der Waals surface area (Å²) in [5, 5.41) is 13.9. The summed E-state index contributed by atoms with van der Waals surface area (Å²) in [7, 11) is 0. The molecule has 1 saturated heterocycles. The Hall–Kier alpha value is -3.97. The average molecular weight is 484 g/mol. The number of rotatable bonds is 6. The number of carboxylic acid groups (broad SMARTS) is 1. The van der Waals surface area contributed by atoms with E-state index in [0.717, 1.165) is 47.9 Å². The molecule has 35 heavy (non-hydrogen) atoms. The van der Waals surface area contributed by atoms with Crippen LogP contribution in [-0.2, 0) is 0 Å². The van der Waals surface area contributed by atoms with E-state index in [-0.39, 0.29) is 11.5 Å². The fourth-order valence-electron chi connectivity index (χ4n) is 4.39. The molecule has 0 saturated carbocycles. The van der Waals surface area contributed by atoms with Gasteiger partial charge in [-0.2, -0.15) is 0 Å². The minimum atomic E-state index is -0.963. The van der Waals surface area contributed by atoms with Gasteiger partial charge >= 0.3 is 5.97 Å². The van der Waals surface area contributed by atoms with Crippen molar-refractivity contribution >= 4 is 34.7 Å². The minimum Gasteiger partial charge on any atom is -0.478 e. The molecular weight excluding hydrogens is 458 g/mol. The molecule has 1 aliphatic rings. The van der Waals surface area contributed by atoms with E-state index < -0.39 is 5.97 Å². The van der Waals surface area contributed by atoms with Crippen molar-refractivity contribution in [3.63, 3.8) is 0 Å². The Morgan fingerprint density at radius 1 is 0.943 bits per heavy atom. The molecule has 0 unspecified atom stereocenters. The van der Waals surface area contributed by atoms with Gasteiger partial charge < -0.3 is 15.3 Å². The van der Waals surface area contributed by atoms with Gasteiger partial charge in [0, 0.05) is 35.2 Å². The molecule has 3 heterocycles. The molecule has 2 aromatic heterocycles. The number of thiophene rings is 1. The summed E-state index contributed by atoms with van der Waals surface area (Å²) in [6.45, 7) is 1.73. The lowest BCUT2D eigenvalue weighted by molar-refractivity contribution is 0.0696. The van der Waals surface area contributed by atoms with Gasteiger partial charge in [0.15, 0.2) is 0 Å². The third-order valence-corrected chi connectivity index (χ3v) is 7.35. The van der Waals surface area contributed by atoms with Gasteiger partial charge in [-0.1, -0.05) is 42.5 Å². The number of amides is 1. The summed E-state index contributed by atoms with van der Waals surface area (Å²) in [6, 6.07) is 23.5. The van der Waals surface area contributed by atoms with Crippen molar-refractivity contribution in [3.8, 4) is 10.4 Å². The Morgan fingerprint density at radius 2 is 1.69 bits per heavy atom. The lowest BCUT2D eigenvalue weighted by Crippen LogP contribution is -2.33. The van der Waals surface area contributed by atoms with Gasteiger partial charge in [-0.3, -0.25) is 4.79 Å². The monoisotopic (exact) mass is 483 g/mol. The number of anilines is 2. The van der Waals surface area contributed by atoms with E-state index in [0.29, 0.717) is 11.5 Å². The van der Waals surface area contributed by atoms with Crippen LogP contribution in [0.15, 0.2) is 84.4 Å². The van der Waals surface area contributed by atoms with E-state index in [4.69, 9.17) is 5.11 Å². The molecule has 0 atom stereocenters. The van der Waals surface area contributed by atoms with Gasteiger partial charge in [0.25, 0.3) is 5.91 Å². The molecular formula is C28H25N3O3S. The second-order valence-electron chi connectivity index (χ2n) is 8.61. The van der Waals surface area contributed by atoms with Crippen molar-refractivity contribution < 1.29 is 14.7 Å². The van der Waals surface area contributed by atoms with E-state index in [1.54, 1.807) is 23.5 Å². The lowest BCUT2D eigenvalue weighted by atomic mass is 9.89. The standard InChI is InChI=1S/C28H25N3O3S/c32-27(23-16-25(35-18-23)21-4-2-1-3-5-21)30-24-9-6-19(7-10-24)20-12-14-31(15-13-20)26-11-8-22(17-29-26)28(33)34/h1-11,16-18,20H,12-15H2,(H,30,32)(H,33,34). The van der Waals surface area contributed by atoms with E-state index in [9.17, 15) is 9.59 Å². The quantitative estimate of drug-likeness (QED) is 0.344. The second kappa shape index (κ2) is 10.1. The number of aromatic carboxylic acids is 1. The van der Waals surface area contributed by atoms with E-state index in [1.807, 2.05) is 53.9 Å². The van der Waals surface area contributed by atoms with Crippen LogP contribution in [0.25, 0.3) is 10.4 Å². The van der Waals surface area contributed by atoms with Crippen molar-refractivity contribution in [3.05, 3.63) is 101 Å². The van der Waals surface area contributed by atoms with Gasteiger partial charge in [-0.05, 0) is 60.2 Å². The highest BCUT2D eigenvalue weighted by Crippen LogP contribution is 2.31. The van der Waals surface area contributed by atoms with Crippen molar-refractivity contribution in [1.29, 1.82) is 0 Å². The van der Waals surface area contributed by atoms with Crippen LogP contribution in [0, 0.1) is 0 Å². The molecule has 0 aliphatic carbocycles. The first kappa shape index (κ1) is 22.8. The van der Waals surface area contributed by atoms with E-state index in [1.165, 1.54) is 11.8 Å². The largest absolute Gasteiger partial charge is 0.478 e. The molecule has 0 bridgehead atoms. The highest BCUT2D eigenvalue weighted by molar-refractivity contribution is 7.13. The number of hydrogen-bond donors (Lipinski definition) is 2. The number of benzene rings is 2. The normalized spacial score (nSPS) is 14.0. The maximum atomic E-state index is 12.7. The topological polar surface area (TPSA) is 82.5 Å². The third-order valence-electron chi connectivity index (χ3n) is 6.37. The molecule has 2 N–H and O–H groups in total. The number of carbonyl (C=O) groups is 2. The zero-order valence-corrected chi connectivity index (χ0v) is 19.9. The Morgan fingerprint density at radius 3 is 2.34 bits per heavy atom. The van der Waals surface area contributed by atoms with Gasteiger partial charge in [0.1, 0.15) is 5.82 Å². The summed E-state index contributed by atoms with van der Waals surface area (Å²) in [5.74, 6) is 0.190. The maximum absolute atomic E-state index is 12.7. The Kier molecular flexibility index (Phi) is 6.59. The molecule has 1 amide bonds. The van der Waals surface area contributed by atoms with Crippen LogP contribution >= 0.6 is 11.3 Å². The second-order valence-corrected chi connectivity index (χ2v) is 9.52. The summed E-state index contributed by atoms with van der Waals surface area (Å²) < 4.78 is 0. The van der Waals surface area contributed by atoms with Crippen molar-refractivity contribution in [2.75, 3.05) is 23.3 Å². The minimum absolute atomic E-state index is 0.106. The van der Waals surface area contributed by atoms with Crippen LogP contribution in [-0.4, -0.2) is 35.1 Å². The Balaban J connectivity index is 1.16. The molecule has 2 aromatic carbocycles. The molecule has 6 nitrogen and oxygen atoms in total.